The second kappa shape index (κ2) is 7.50. The van der Waals surface area contributed by atoms with E-state index in [0.717, 1.165) is 24.3 Å². The van der Waals surface area contributed by atoms with Gasteiger partial charge >= 0.3 is 0 Å². The molecule has 0 radical (unpaired) electrons. The molecule has 0 amide bonds. The highest BCUT2D eigenvalue weighted by molar-refractivity contribution is 5.72. The lowest BCUT2D eigenvalue weighted by molar-refractivity contribution is 0.0455. The zero-order valence-electron chi connectivity index (χ0n) is 19.1. The number of hydrogen-bond donors (Lipinski definition) is 1. The van der Waals surface area contributed by atoms with Gasteiger partial charge in [0.05, 0.1) is 12.7 Å². The van der Waals surface area contributed by atoms with E-state index < -0.39 is 5.60 Å². The Balaban J connectivity index is 1.66. The minimum atomic E-state index is -1.23. The van der Waals surface area contributed by atoms with Crippen LogP contribution in [-0.4, -0.2) is 11.8 Å². The molecule has 2 bridgehead atoms. The molecule has 4 aromatic carbocycles. The first-order valence-electron chi connectivity index (χ1n) is 11.6. The second-order valence-electron chi connectivity index (χ2n) is 9.40. The summed E-state index contributed by atoms with van der Waals surface area (Å²) < 4.78 is 0. The number of benzene rings is 4. The van der Waals surface area contributed by atoms with E-state index in [-0.39, 0.29) is 6.04 Å². The predicted octanol–water partition coefficient (Wildman–Crippen LogP) is 6.08. The summed E-state index contributed by atoms with van der Waals surface area (Å²) in [4.78, 5) is 4.84. The van der Waals surface area contributed by atoms with Crippen molar-refractivity contribution in [2.24, 2.45) is 0 Å². The van der Waals surface area contributed by atoms with Crippen LogP contribution in [0.2, 0.25) is 0 Å². The van der Waals surface area contributed by atoms with E-state index in [1.165, 1.54) is 33.6 Å². The molecule has 0 aromatic heterocycles. The number of nitrogens with zero attached hydrogens (tertiary/aromatic N) is 2. The van der Waals surface area contributed by atoms with E-state index in [1.54, 1.807) is 0 Å². The Hall–Kier alpha value is -3.56. The number of anilines is 2. The van der Waals surface area contributed by atoms with Crippen LogP contribution < -0.4 is 9.80 Å². The van der Waals surface area contributed by atoms with Gasteiger partial charge in [0.15, 0.2) is 0 Å². The molecule has 2 aliphatic rings. The largest absolute Gasteiger partial charge is 0.378 e. The third kappa shape index (κ3) is 3.07. The number of hydrogen-bond acceptors (Lipinski definition) is 3. The highest BCUT2D eigenvalue weighted by Crippen LogP contribution is 2.53. The topological polar surface area (TPSA) is 26.7 Å². The van der Waals surface area contributed by atoms with Crippen LogP contribution in [0, 0.1) is 13.8 Å². The van der Waals surface area contributed by atoms with Gasteiger partial charge in [-0.05, 0) is 42.7 Å². The average molecular weight is 433 g/mol. The normalized spacial score (nSPS) is 16.9. The van der Waals surface area contributed by atoms with Crippen molar-refractivity contribution >= 4 is 11.4 Å². The lowest BCUT2D eigenvalue weighted by atomic mass is 9.74. The van der Waals surface area contributed by atoms with Crippen molar-refractivity contribution in [2.75, 3.05) is 16.5 Å². The molecule has 0 aliphatic carbocycles. The van der Waals surface area contributed by atoms with Crippen molar-refractivity contribution in [2.45, 2.75) is 32.0 Å². The lowest BCUT2D eigenvalue weighted by Gasteiger charge is -2.54. The molecule has 0 saturated heterocycles. The summed E-state index contributed by atoms with van der Waals surface area (Å²) in [5, 5.41) is 12.8. The monoisotopic (exact) mass is 432 g/mol. The number of aliphatic hydroxyl groups is 1. The molecule has 0 saturated carbocycles. The average Bonchev–Trinajstić information content (AvgIpc) is 2.84. The maximum Gasteiger partial charge on any atom is 0.139 e. The van der Waals surface area contributed by atoms with E-state index in [4.69, 9.17) is 0 Å². The molecule has 2 heterocycles. The van der Waals surface area contributed by atoms with E-state index in [1.807, 2.05) is 36.4 Å². The maximum absolute atomic E-state index is 12.8. The summed E-state index contributed by atoms with van der Waals surface area (Å²) in [5.74, 6) is 0. The van der Waals surface area contributed by atoms with Crippen molar-refractivity contribution in [3.63, 3.8) is 0 Å². The van der Waals surface area contributed by atoms with Crippen LogP contribution in [-0.2, 0) is 12.1 Å². The third-order valence-corrected chi connectivity index (χ3v) is 7.18. The van der Waals surface area contributed by atoms with Gasteiger partial charge in [0, 0.05) is 23.5 Å². The van der Waals surface area contributed by atoms with Gasteiger partial charge in [-0.25, -0.2) is 0 Å². The summed E-state index contributed by atoms with van der Waals surface area (Å²) in [6.45, 7) is 5.91. The van der Waals surface area contributed by atoms with Gasteiger partial charge < -0.3 is 14.9 Å². The second-order valence-corrected chi connectivity index (χ2v) is 9.40. The number of aryl methyl sites for hydroxylation is 2. The SMILES string of the molecule is Cc1ccc2c(c1)CN1CN2[C@H](C(O)(c2ccccc2)c2ccccc2)c2cc(C)ccc21. The summed E-state index contributed by atoms with van der Waals surface area (Å²) in [6, 6.07) is 33.4. The van der Waals surface area contributed by atoms with Crippen LogP contribution in [0.1, 0.15) is 39.4 Å². The molecule has 0 spiro atoms. The summed E-state index contributed by atoms with van der Waals surface area (Å²) >= 11 is 0. The van der Waals surface area contributed by atoms with E-state index in [2.05, 4.69) is 84.3 Å². The Morgan fingerprint density at radius 1 is 0.727 bits per heavy atom. The summed E-state index contributed by atoms with van der Waals surface area (Å²) in [6.07, 6.45) is 0. The first-order valence-corrected chi connectivity index (χ1v) is 11.6. The Labute approximate surface area is 195 Å². The molecule has 164 valence electrons. The first-order chi connectivity index (χ1) is 16.1. The van der Waals surface area contributed by atoms with Crippen molar-refractivity contribution in [3.8, 4) is 0 Å². The van der Waals surface area contributed by atoms with Crippen LogP contribution in [0.3, 0.4) is 0 Å². The number of rotatable bonds is 3. The minimum absolute atomic E-state index is 0.268. The van der Waals surface area contributed by atoms with Crippen LogP contribution in [0.4, 0.5) is 11.4 Å². The van der Waals surface area contributed by atoms with Crippen LogP contribution in [0.15, 0.2) is 97.1 Å². The standard InChI is InChI=1S/C30H28N2O/c1-21-13-15-27-23(17-21)19-31-20-32(27)29(26-18-22(2)14-16-28(26)31)30(33,24-9-5-3-6-10-24)25-11-7-4-8-12-25/h3-18,29,33H,19-20H2,1-2H3/t29-/m0/s1. The van der Waals surface area contributed by atoms with Gasteiger partial charge in [0.2, 0.25) is 0 Å². The van der Waals surface area contributed by atoms with E-state index in [9.17, 15) is 5.11 Å². The molecule has 6 rings (SSSR count). The Bertz CT molecular complexity index is 1280. The third-order valence-electron chi connectivity index (χ3n) is 7.18. The van der Waals surface area contributed by atoms with Gasteiger partial charge in [-0.1, -0.05) is 96.1 Å². The van der Waals surface area contributed by atoms with Crippen molar-refractivity contribution < 1.29 is 5.11 Å². The molecule has 1 N–H and O–H groups in total. The van der Waals surface area contributed by atoms with Gasteiger partial charge in [0.25, 0.3) is 0 Å². The first kappa shape index (κ1) is 20.1. The van der Waals surface area contributed by atoms with Crippen molar-refractivity contribution in [1.82, 2.24) is 0 Å². The quantitative estimate of drug-likeness (QED) is 0.425. The molecular formula is C30H28N2O. The zero-order valence-corrected chi connectivity index (χ0v) is 19.1. The number of fused-ring (bicyclic) bond motifs is 6. The molecular weight excluding hydrogens is 404 g/mol. The van der Waals surface area contributed by atoms with E-state index >= 15 is 0 Å². The van der Waals surface area contributed by atoms with Crippen molar-refractivity contribution in [1.29, 1.82) is 0 Å². The molecule has 1 atom stereocenters. The summed E-state index contributed by atoms with van der Waals surface area (Å²) in [5.41, 5.74) is 7.94. The molecule has 2 aliphatic heterocycles. The van der Waals surface area contributed by atoms with Crippen molar-refractivity contribution in [3.05, 3.63) is 130 Å². The smallest absolute Gasteiger partial charge is 0.139 e. The van der Waals surface area contributed by atoms with Crippen LogP contribution >= 0.6 is 0 Å². The minimum Gasteiger partial charge on any atom is -0.378 e. The molecule has 4 aromatic rings. The Kier molecular flexibility index (Phi) is 4.56. The van der Waals surface area contributed by atoms with Crippen LogP contribution in [0.5, 0.6) is 0 Å². The highest BCUT2D eigenvalue weighted by atomic mass is 16.3. The van der Waals surface area contributed by atoms with Gasteiger partial charge in [0.1, 0.15) is 5.60 Å². The summed E-state index contributed by atoms with van der Waals surface area (Å²) in [7, 11) is 0. The Morgan fingerprint density at radius 3 is 1.94 bits per heavy atom. The van der Waals surface area contributed by atoms with E-state index in [0.29, 0.717) is 0 Å². The molecule has 0 fully saturated rings. The van der Waals surface area contributed by atoms with Gasteiger partial charge in [-0.2, -0.15) is 0 Å². The fraction of sp³-hybridized carbons (Fsp3) is 0.200. The Morgan fingerprint density at radius 2 is 1.30 bits per heavy atom. The maximum atomic E-state index is 12.8. The zero-order chi connectivity index (χ0) is 22.6. The highest BCUT2D eigenvalue weighted by Gasteiger charge is 2.49. The van der Waals surface area contributed by atoms with Crippen LogP contribution in [0.25, 0.3) is 0 Å². The molecule has 3 heteroatoms. The molecule has 33 heavy (non-hydrogen) atoms. The lowest BCUT2D eigenvalue weighted by Crippen LogP contribution is -2.55. The van der Waals surface area contributed by atoms with Gasteiger partial charge in [-0.3, -0.25) is 0 Å². The molecule has 0 unspecified atom stereocenters. The predicted molar refractivity (Wildman–Crippen MR) is 135 cm³/mol. The molecule has 3 nitrogen and oxygen atoms in total. The fourth-order valence-electron chi connectivity index (χ4n) is 5.69. The fourth-order valence-corrected chi connectivity index (χ4v) is 5.69. The van der Waals surface area contributed by atoms with Gasteiger partial charge in [-0.15, -0.1) is 0 Å².